The van der Waals surface area contributed by atoms with Crippen molar-refractivity contribution in [3.63, 3.8) is 0 Å². The molecule has 1 atom stereocenters. The molecule has 1 heterocycles. The summed E-state index contributed by atoms with van der Waals surface area (Å²) in [4.78, 5) is 38.7. The molecule has 0 radical (unpaired) electrons. The molecule has 1 fully saturated rings. The fourth-order valence-electron chi connectivity index (χ4n) is 3.59. The SMILES string of the molecule is CNC(=O)C[C@H]1COCCN1C(=O)CC1=C(c2ccccc2)CCC1=O. The van der Waals surface area contributed by atoms with E-state index in [2.05, 4.69) is 5.32 Å². The predicted octanol–water partition coefficient (Wildman–Crippen LogP) is 1.56. The zero-order chi connectivity index (χ0) is 18.5. The number of allylic oxidation sites excluding steroid dienone is 1. The van der Waals surface area contributed by atoms with Crippen LogP contribution in [0.1, 0.15) is 31.2 Å². The standard InChI is InChI=1S/C20H24N2O4/c1-21-19(24)11-15-13-26-10-9-22(15)20(25)12-17-16(7-8-18(17)23)14-5-3-2-4-6-14/h2-6,15H,7-13H2,1H3,(H,21,24)/t15-/m0/s1. The molecule has 0 spiro atoms. The van der Waals surface area contributed by atoms with E-state index in [1.807, 2.05) is 30.3 Å². The van der Waals surface area contributed by atoms with Crippen LogP contribution in [-0.4, -0.2) is 55.3 Å². The third kappa shape index (κ3) is 4.02. The number of nitrogens with zero attached hydrogens (tertiary/aromatic N) is 1. The number of amides is 2. The van der Waals surface area contributed by atoms with Crippen LogP contribution in [0.4, 0.5) is 0 Å². The molecule has 1 N–H and O–H groups in total. The van der Waals surface area contributed by atoms with E-state index in [4.69, 9.17) is 4.74 Å². The molecule has 1 aliphatic heterocycles. The molecule has 138 valence electrons. The summed E-state index contributed by atoms with van der Waals surface area (Å²) in [5.74, 6) is -0.186. The van der Waals surface area contributed by atoms with Crippen molar-refractivity contribution in [3.8, 4) is 0 Å². The van der Waals surface area contributed by atoms with E-state index < -0.39 is 0 Å². The van der Waals surface area contributed by atoms with Gasteiger partial charge in [0.25, 0.3) is 0 Å². The predicted molar refractivity (Wildman–Crippen MR) is 97.2 cm³/mol. The van der Waals surface area contributed by atoms with Gasteiger partial charge in [-0.3, -0.25) is 14.4 Å². The maximum atomic E-state index is 12.9. The van der Waals surface area contributed by atoms with Crippen molar-refractivity contribution in [2.75, 3.05) is 26.8 Å². The van der Waals surface area contributed by atoms with Crippen molar-refractivity contribution in [2.45, 2.75) is 31.7 Å². The molecule has 2 aliphatic rings. The molecular weight excluding hydrogens is 332 g/mol. The van der Waals surface area contributed by atoms with Gasteiger partial charge in [-0.25, -0.2) is 0 Å². The van der Waals surface area contributed by atoms with Crippen LogP contribution in [0, 0.1) is 0 Å². The molecule has 1 aliphatic carbocycles. The number of ketones is 1. The first-order valence-electron chi connectivity index (χ1n) is 8.98. The highest BCUT2D eigenvalue weighted by atomic mass is 16.5. The number of morpholine rings is 1. The molecule has 0 bridgehead atoms. The zero-order valence-corrected chi connectivity index (χ0v) is 15.0. The third-order valence-corrected chi connectivity index (χ3v) is 5.00. The van der Waals surface area contributed by atoms with E-state index >= 15 is 0 Å². The van der Waals surface area contributed by atoms with Crippen LogP contribution in [0.2, 0.25) is 0 Å². The van der Waals surface area contributed by atoms with Gasteiger partial charge >= 0.3 is 0 Å². The van der Waals surface area contributed by atoms with Gasteiger partial charge in [-0.05, 0) is 17.6 Å². The smallest absolute Gasteiger partial charge is 0.227 e. The van der Waals surface area contributed by atoms with Crippen LogP contribution in [0.5, 0.6) is 0 Å². The van der Waals surface area contributed by atoms with Crippen molar-refractivity contribution >= 4 is 23.2 Å². The normalized spacial score (nSPS) is 20.4. The summed E-state index contributed by atoms with van der Waals surface area (Å²) in [7, 11) is 1.58. The second-order valence-corrected chi connectivity index (χ2v) is 6.62. The van der Waals surface area contributed by atoms with Crippen LogP contribution in [-0.2, 0) is 19.1 Å². The Morgan fingerprint density at radius 2 is 2.00 bits per heavy atom. The van der Waals surface area contributed by atoms with Gasteiger partial charge in [0.1, 0.15) is 0 Å². The fourth-order valence-corrected chi connectivity index (χ4v) is 3.59. The maximum absolute atomic E-state index is 12.9. The van der Waals surface area contributed by atoms with E-state index in [0.29, 0.717) is 38.2 Å². The van der Waals surface area contributed by atoms with Gasteiger partial charge in [-0.1, -0.05) is 30.3 Å². The molecule has 6 heteroatoms. The molecule has 0 aromatic heterocycles. The van der Waals surface area contributed by atoms with Crippen molar-refractivity contribution in [1.82, 2.24) is 10.2 Å². The van der Waals surface area contributed by atoms with Crippen molar-refractivity contribution in [3.05, 3.63) is 41.5 Å². The van der Waals surface area contributed by atoms with Crippen LogP contribution in [0.3, 0.4) is 0 Å². The summed E-state index contributed by atoms with van der Waals surface area (Å²) >= 11 is 0. The Hall–Kier alpha value is -2.47. The van der Waals surface area contributed by atoms with E-state index in [1.54, 1.807) is 11.9 Å². The van der Waals surface area contributed by atoms with Gasteiger partial charge in [0.2, 0.25) is 11.8 Å². The highest BCUT2D eigenvalue weighted by molar-refractivity contribution is 6.10. The van der Waals surface area contributed by atoms with E-state index in [-0.39, 0.29) is 36.5 Å². The molecule has 26 heavy (non-hydrogen) atoms. The summed E-state index contributed by atoms with van der Waals surface area (Å²) in [6.07, 6.45) is 1.43. The quantitative estimate of drug-likeness (QED) is 0.869. The summed E-state index contributed by atoms with van der Waals surface area (Å²) in [6.45, 7) is 1.24. The molecule has 6 nitrogen and oxygen atoms in total. The van der Waals surface area contributed by atoms with Gasteiger partial charge in [0, 0.05) is 32.0 Å². The number of Topliss-reactive ketones (excluding diaryl/α,β-unsaturated/α-hetero) is 1. The first-order chi connectivity index (χ1) is 12.6. The van der Waals surface area contributed by atoms with Gasteiger partial charge in [0.05, 0.1) is 25.7 Å². The Labute approximate surface area is 153 Å². The largest absolute Gasteiger partial charge is 0.377 e. The Bertz CT molecular complexity index is 727. The first kappa shape index (κ1) is 18.3. The summed E-state index contributed by atoms with van der Waals surface area (Å²) in [5.41, 5.74) is 2.59. The Morgan fingerprint density at radius 1 is 1.23 bits per heavy atom. The summed E-state index contributed by atoms with van der Waals surface area (Å²) in [6, 6.07) is 9.47. The number of rotatable bonds is 5. The monoisotopic (exact) mass is 356 g/mol. The lowest BCUT2D eigenvalue weighted by Gasteiger charge is -2.35. The molecular formula is C20H24N2O4. The fraction of sp³-hybridized carbons (Fsp3) is 0.450. The second kappa shape index (κ2) is 8.27. The number of carbonyl (C=O) groups excluding carboxylic acids is 3. The molecule has 1 aromatic rings. The average molecular weight is 356 g/mol. The first-order valence-corrected chi connectivity index (χ1v) is 8.98. The Morgan fingerprint density at radius 3 is 2.73 bits per heavy atom. The Kier molecular flexibility index (Phi) is 5.83. The van der Waals surface area contributed by atoms with Crippen LogP contribution in [0.15, 0.2) is 35.9 Å². The topological polar surface area (TPSA) is 75.7 Å². The van der Waals surface area contributed by atoms with Crippen LogP contribution >= 0.6 is 0 Å². The zero-order valence-electron chi connectivity index (χ0n) is 15.0. The number of ether oxygens (including phenoxy) is 1. The molecule has 1 aromatic carbocycles. The van der Waals surface area contributed by atoms with Crippen molar-refractivity contribution in [1.29, 1.82) is 0 Å². The number of benzene rings is 1. The number of carbonyl (C=O) groups is 3. The maximum Gasteiger partial charge on any atom is 0.227 e. The number of hydrogen-bond donors (Lipinski definition) is 1. The lowest BCUT2D eigenvalue weighted by molar-refractivity contribution is -0.141. The minimum Gasteiger partial charge on any atom is -0.377 e. The van der Waals surface area contributed by atoms with Crippen molar-refractivity contribution < 1.29 is 19.1 Å². The highest BCUT2D eigenvalue weighted by Crippen LogP contribution is 2.34. The lowest BCUT2D eigenvalue weighted by Crippen LogP contribution is -2.50. The average Bonchev–Trinajstić information content (AvgIpc) is 3.03. The minimum absolute atomic E-state index is 0.0494. The molecule has 0 unspecified atom stereocenters. The third-order valence-electron chi connectivity index (χ3n) is 5.00. The lowest BCUT2D eigenvalue weighted by atomic mass is 9.99. The summed E-state index contributed by atoms with van der Waals surface area (Å²) in [5, 5.41) is 2.58. The van der Waals surface area contributed by atoms with Crippen LogP contribution < -0.4 is 5.32 Å². The molecule has 2 amide bonds. The second-order valence-electron chi connectivity index (χ2n) is 6.62. The van der Waals surface area contributed by atoms with Crippen molar-refractivity contribution in [2.24, 2.45) is 0 Å². The number of nitrogens with one attached hydrogen (secondary N) is 1. The van der Waals surface area contributed by atoms with Gasteiger partial charge in [-0.15, -0.1) is 0 Å². The van der Waals surface area contributed by atoms with E-state index in [0.717, 1.165) is 11.1 Å². The van der Waals surface area contributed by atoms with Crippen LogP contribution in [0.25, 0.3) is 5.57 Å². The van der Waals surface area contributed by atoms with Gasteiger partial charge < -0.3 is 15.0 Å². The Balaban J connectivity index is 1.78. The van der Waals surface area contributed by atoms with Gasteiger partial charge in [-0.2, -0.15) is 0 Å². The minimum atomic E-state index is -0.284. The molecule has 1 saturated heterocycles. The highest BCUT2D eigenvalue weighted by Gasteiger charge is 2.32. The molecule has 0 saturated carbocycles. The van der Waals surface area contributed by atoms with E-state index in [9.17, 15) is 14.4 Å². The van der Waals surface area contributed by atoms with E-state index in [1.165, 1.54) is 0 Å². The van der Waals surface area contributed by atoms with Gasteiger partial charge in [0.15, 0.2) is 5.78 Å². The number of hydrogen-bond acceptors (Lipinski definition) is 4. The molecule has 3 rings (SSSR count). The summed E-state index contributed by atoms with van der Waals surface area (Å²) < 4.78 is 5.44.